The van der Waals surface area contributed by atoms with Gasteiger partial charge >= 0.3 is 6.09 Å². The van der Waals surface area contributed by atoms with Gasteiger partial charge < -0.3 is 24.3 Å². The van der Waals surface area contributed by atoms with Crippen LogP contribution >= 0.6 is 12.2 Å². The third-order valence-corrected chi connectivity index (χ3v) is 5.48. The average molecular weight is 455 g/mol. The van der Waals surface area contributed by atoms with E-state index >= 15 is 0 Å². The summed E-state index contributed by atoms with van der Waals surface area (Å²) in [5.74, 6) is 0.178. The molecule has 8 nitrogen and oxygen atoms in total. The predicted octanol–water partition coefficient (Wildman–Crippen LogP) is 3.51. The van der Waals surface area contributed by atoms with Gasteiger partial charge in [0.1, 0.15) is 17.4 Å². The second-order valence-electron chi connectivity index (χ2n) is 8.71. The molecule has 9 heteroatoms. The van der Waals surface area contributed by atoms with Gasteiger partial charge in [0.2, 0.25) is 0 Å². The number of carbonyl (C=O) groups is 2. The van der Waals surface area contributed by atoms with Crippen LogP contribution in [0, 0.1) is 0 Å². The van der Waals surface area contributed by atoms with Crippen molar-refractivity contribution in [2.24, 2.45) is 0 Å². The van der Waals surface area contributed by atoms with Gasteiger partial charge in [-0.15, -0.1) is 0 Å². The van der Waals surface area contributed by atoms with Gasteiger partial charge in [0.05, 0.1) is 25.4 Å². The molecule has 2 N–H and O–H groups in total. The van der Waals surface area contributed by atoms with Crippen LogP contribution in [0.4, 0.5) is 10.5 Å². The van der Waals surface area contributed by atoms with Crippen LogP contribution in [-0.2, 0) is 16.0 Å². The third-order valence-electron chi connectivity index (χ3n) is 5.29. The highest BCUT2D eigenvalue weighted by Gasteiger charge is 2.32. The van der Waals surface area contributed by atoms with E-state index in [9.17, 15) is 9.59 Å². The molecule has 2 amide bonds. The number of hydrogen-bond acceptors (Lipinski definition) is 6. The van der Waals surface area contributed by atoms with Crippen molar-refractivity contribution in [1.29, 1.82) is 0 Å². The Morgan fingerprint density at radius 2 is 2.09 bits per heavy atom. The van der Waals surface area contributed by atoms with Crippen molar-refractivity contribution in [3.8, 4) is 0 Å². The molecule has 4 rings (SSSR count). The maximum Gasteiger partial charge on any atom is 0.410 e. The smallest absolute Gasteiger partial charge is 0.410 e. The molecule has 0 aliphatic carbocycles. The number of nitrogens with zero attached hydrogens (tertiary/aromatic N) is 2. The summed E-state index contributed by atoms with van der Waals surface area (Å²) < 4.78 is 11.6. The fourth-order valence-corrected chi connectivity index (χ4v) is 4.02. The van der Waals surface area contributed by atoms with E-state index < -0.39 is 5.60 Å². The first-order valence-electron chi connectivity index (χ1n) is 10.5. The number of hydrogen-bond donors (Lipinski definition) is 2. The summed E-state index contributed by atoms with van der Waals surface area (Å²) in [7, 11) is 0. The minimum atomic E-state index is -0.556. The van der Waals surface area contributed by atoms with Crippen molar-refractivity contribution in [2.45, 2.75) is 39.0 Å². The van der Waals surface area contributed by atoms with E-state index in [4.69, 9.17) is 21.7 Å². The minimum Gasteiger partial charge on any atom is -0.444 e. The highest BCUT2D eigenvalue weighted by Crippen LogP contribution is 2.32. The van der Waals surface area contributed by atoms with Crippen LogP contribution in [0.25, 0.3) is 0 Å². The number of thiocarbonyl (C=S) groups is 1. The Kier molecular flexibility index (Phi) is 6.06. The Morgan fingerprint density at radius 3 is 2.84 bits per heavy atom. The van der Waals surface area contributed by atoms with Crippen molar-refractivity contribution in [2.75, 3.05) is 24.6 Å². The maximum absolute atomic E-state index is 12.6. The van der Waals surface area contributed by atoms with Crippen molar-refractivity contribution < 1.29 is 19.1 Å². The summed E-state index contributed by atoms with van der Waals surface area (Å²) in [6, 6.07) is 9.75. The predicted molar refractivity (Wildman–Crippen MR) is 123 cm³/mol. The number of benzene rings is 1. The topological polar surface area (TPSA) is 86.9 Å². The number of morpholine rings is 1. The Balaban J connectivity index is 1.59. The molecule has 0 spiro atoms. The van der Waals surface area contributed by atoms with Crippen molar-refractivity contribution in [1.82, 2.24) is 15.2 Å². The van der Waals surface area contributed by atoms with E-state index in [0.29, 0.717) is 37.8 Å². The minimum absolute atomic E-state index is 0.245. The summed E-state index contributed by atoms with van der Waals surface area (Å²) >= 11 is 5.03. The Labute approximate surface area is 192 Å². The van der Waals surface area contributed by atoms with Crippen LogP contribution in [0.5, 0.6) is 0 Å². The van der Waals surface area contributed by atoms with Crippen LogP contribution in [-0.4, -0.2) is 52.2 Å². The molecule has 2 aromatic rings. The van der Waals surface area contributed by atoms with Gasteiger partial charge in [-0.3, -0.25) is 10.1 Å². The molecule has 3 heterocycles. The lowest BCUT2D eigenvalue weighted by molar-refractivity contribution is -0.0435. The van der Waals surface area contributed by atoms with Gasteiger partial charge in [0.15, 0.2) is 5.82 Å². The number of ether oxygens (including phenoxy) is 2. The fourth-order valence-electron chi connectivity index (χ4n) is 3.86. The number of aromatic nitrogens is 1. The zero-order chi connectivity index (χ0) is 22.9. The van der Waals surface area contributed by atoms with Gasteiger partial charge in [-0.05, 0) is 55.2 Å². The number of fused-ring (bicyclic) bond motifs is 1. The number of nitrogens with one attached hydrogen (secondary N) is 2. The van der Waals surface area contributed by atoms with E-state index in [1.54, 1.807) is 11.1 Å². The van der Waals surface area contributed by atoms with E-state index in [-0.39, 0.29) is 18.1 Å². The lowest BCUT2D eigenvalue weighted by atomic mass is 10.00. The number of aromatic amines is 1. The summed E-state index contributed by atoms with van der Waals surface area (Å²) in [4.78, 5) is 31.4. The molecule has 0 radical (unpaired) electrons. The van der Waals surface area contributed by atoms with E-state index in [2.05, 4.69) is 15.3 Å². The summed E-state index contributed by atoms with van der Waals surface area (Å²) in [5, 5.41) is 5.44. The van der Waals surface area contributed by atoms with Gasteiger partial charge in [-0.2, -0.15) is 0 Å². The Hall–Kier alpha value is -3.13. The van der Waals surface area contributed by atoms with Gasteiger partial charge in [0.25, 0.3) is 5.91 Å². The highest BCUT2D eigenvalue weighted by molar-refractivity contribution is 7.78. The van der Waals surface area contributed by atoms with E-state index in [0.717, 1.165) is 16.8 Å². The first-order chi connectivity index (χ1) is 15.3. The largest absolute Gasteiger partial charge is 0.444 e. The molecule has 1 fully saturated rings. The summed E-state index contributed by atoms with van der Waals surface area (Å²) in [5.41, 5.74) is 2.62. The SMILES string of the molecule is CC(C)(C)OC(=O)N1CCOC(c2ccccc2CN2C(=C=S)NC(=O)c3[nH]ccc32)C1. The van der Waals surface area contributed by atoms with E-state index in [1.807, 2.05) is 56.0 Å². The number of H-pyrrole nitrogens is 1. The second-order valence-corrected chi connectivity index (χ2v) is 8.92. The van der Waals surface area contributed by atoms with Crippen molar-refractivity contribution in [3.63, 3.8) is 0 Å². The fraction of sp³-hybridized carbons (Fsp3) is 0.391. The first-order valence-corrected chi connectivity index (χ1v) is 10.9. The molecule has 1 aromatic heterocycles. The molecule has 2 aliphatic heterocycles. The molecule has 1 aromatic carbocycles. The molecular formula is C23H26N4O4S. The van der Waals surface area contributed by atoms with Crippen LogP contribution < -0.4 is 10.2 Å². The average Bonchev–Trinajstić information content (AvgIpc) is 3.25. The molecule has 1 atom stereocenters. The first kappa shape index (κ1) is 22.1. The van der Waals surface area contributed by atoms with Gasteiger partial charge in [-0.1, -0.05) is 24.3 Å². The highest BCUT2D eigenvalue weighted by atomic mass is 32.1. The normalized spacial score (nSPS) is 18.7. The van der Waals surface area contributed by atoms with Crippen LogP contribution in [0.15, 0.2) is 42.3 Å². The second kappa shape index (κ2) is 8.78. The Bertz CT molecular complexity index is 1080. The number of carbonyl (C=O) groups excluding carboxylic acids is 2. The molecule has 0 saturated carbocycles. The molecule has 168 valence electrons. The zero-order valence-electron chi connectivity index (χ0n) is 18.3. The van der Waals surface area contributed by atoms with Crippen LogP contribution in [0.2, 0.25) is 0 Å². The van der Waals surface area contributed by atoms with Crippen LogP contribution in [0.3, 0.4) is 0 Å². The van der Waals surface area contributed by atoms with Crippen LogP contribution in [0.1, 0.15) is 48.5 Å². The number of amides is 2. The van der Waals surface area contributed by atoms with Crippen molar-refractivity contribution >= 4 is 34.9 Å². The maximum atomic E-state index is 12.6. The molecule has 1 unspecified atom stereocenters. The Morgan fingerprint density at radius 1 is 1.31 bits per heavy atom. The molecular weight excluding hydrogens is 428 g/mol. The molecule has 32 heavy (non-hydrogen) atoms. The van der Waals surface area contributed by atoms with Gasteiger partial charge in [-0.25, -0.2) is 4.79 Å². The third kappa shape index (κ3) is 4.55. The van der Waals surface area contributed by atoms with Crippen molar-refractivity contribution in [3.05, 3.63) is 59.2 Å². The lowest BCUT2D eigenvalue weighted by Gasteiger charge is -2.36. The quantitative estimate of drug-likeness (QED) is 0.691. The lowest BCUT2D eigenvalue weighted by Crippen LogP contribution is -2.45. The van der Waals surface area contributed by atoms with E-state index in [1.165, 1.54) is 0 Å². The summed E-state index contributed by atoms with van der Waals surface area (Å²) in [6.07, 6.45) is 1.08. The zero-order valence-corrected chi connectivity index (χ0v) is 19.1. The monoisotopic (exact) mass is 454 g/mol. The number of anilines is 1. The summed E-state index contributed by atoms with van der Waals surface area (Å²) in [6.45, 7) is 7.31. The molecule has 2 aliphatic rings. The van der Waals surface area contributed by atoms with Gasteiger partial charge in [0, 0.05) is 12.7 Å². The molecule has 0 bridgehead atoms. The number of rotatable bonds is 3. The standard InChI is InChI=1S/C23H26N4O4S/c1-23(2,3)31-22(29)26-10-11-30-18(13-26)16-7-5-4-6-15(16)12-27-17-8-9-24-20(17)21(28)25-19(27)14-32/h4-9,18,24H,10-13H2,1-3H3,(H,25,28). The molecule has 1 saturated heterocycles.